The van der Waals surface area contributed by atoms with E-state index >= 15 is 0 Å². The van der Waals surface area contributed by atoms with Gasteiger partial charge in [0.25, 0.3) is 0 Å². The topological polar surface area (TPSA) is 44.8 Å². The molecule has 0 fully saturated rings. The van der Waals surface area contributed by atoms with Crippen LogP contribution in [-0.2, 0) is 9.32 Å². The molecule has 1 N–H and O–H groups in total. The van der Waals surface area contributed by atoms with Crippen molar-refractivity contribution in [3.05, 3.63) is 0 Å². The van der Waals surface area contributed by atoms with E-state index in [0.29, 0.717) is 0 Å². The second-order valence-electron chi connectivity index (χ2n) is 7.75. The van der Waals surface area contributed by atoms with Crippen molar-refractivity contribution < 1.29 is 22.5 Å². The lowest BCUT2D eigenvalue weighted by atomic mass is 10.00. The first kappa shape index (κ1) is 25.6. The van der Waals surface area contributed by atoms with E-state index in [-0.39, 0.29) is 30.8 Å². The maximum absolute atomic E-state index is 12.3. The molecular formula is C17H35F3N3O2P. The summed E-state index contributed by atoms with van der Waals surface area (Å²) in [6.07, 6.45) is -4.90. The van der Waals surface area contributed by atoms with Gasteiger partial charge in [-0.25, -0.2) is 0 Å². The summed E-state index contributed by atoms with van der Waals surface area (Å²) in [6.45, 7) is 18.9. The molecule has 0 aliphatic heterocycles. The number of amides is 1. The molecule has 0 aliphatic carbocycles. The van der Waals surface area contributed by atoms with Crippen molar-refractivity contribution in [2.45, 2.75) is 98.3 Å². The van der Waals surface area contributed by atoms with Crippen molar-refractivity contribution in [3.63, 3.8) is 0 Å². The molecule has 1 unspecified atom stereocenters. The molecule has 0 heterocycles. The zero-order chi connectivity index (χ0) is 20.9. The fraction of sp³-hybridized carbons (Fsp3) is 0.941. The van der Waals surface area contributed by atoms with Gasteiger partial charge < -0.3 is 9.61 Å². The number of halogens is 3. The van der Waals surface area contributed by atoms with Crippen LogP contribution in [0.5, 0.6) is 0 Å². The van der Waals surface area contributed by atoms with Gasteiger partial charge in [0.05, 0.1) is 12.3 Å². The van der Waals surface area contributed by atoms with Crippen molar-refractivity contribution >= 4 is 14.9 Å². The lowest BCUT2D eigenvalue weighted by Crippen LogP contribution is -2.68. The maximum Gasteiger partial charge on any atom is 0.471 e. The zero-order valence-corrected chi connectivity index (χ0v) is 18.4. The molecule has 5 nitrogen and oxygen atoms in total. The first-order valence-electron chi connectivity index (χ1n) is 8.97. The monoisotopic (exact) mass is 401 g/mol. The van der Waals surface area contributed by atoms with Gasteiger partial charge in [0.1, 0.15) is 8.96 Å². The second-order valence-corrected chi connectivity index (χ2v) is 8.49. The number of nitrogens with one attached hydrogen (secondary N) is 1. The highest BCUT2D eigenvalue weighted by Gasteiger charge is 2.44. The summed E-state index contributed by atoms with van der Waals surface area (Å²) in [7, 11) is -0.753. The zero-order valence-electron chi connectivity index (χ0n) is 17.4. The highest BCUT2D eigenvalue weighted by Crippen LogP contribution is 2.32. The summed E-state index contributed by atoms with van der Waals surface area (Å²) in [5.41, 5.74) is -0.541. The van der Waals surface area contributed by atoms with E-state index in [9.17, 15) is 18.0 Å². The normalized spacial score (nSPS) is 14.2. The van der Waals surface area contributed by atoms with Crippen LogP contribution in [-0.4, -0.2) is 58.3 Å². The molecule has 0 aliphatic rings. The van der Waals surface area contributed by atoms with E-state index in [1.165, 1.54) is 0 Å². The molecule has 0 aromatic heterocycles. The first-order chi connectivity index (χ1) is 11.7. The smallest absolute Gasteiger partial charge is 0.338 e. The van der Waals surface area contributed by atoms with Gasteiger partial charge in [-0.3, -0.25) is 14.6 Å². The molecule has 0 bridgehead atoms. The third-order valence-electron chi connectivity index (χ3n) is 4.18. The van der Waals surface area contributed by atoms with Gasteiger partial charge in [-0.2, -0.15) is 13.2 Å². The Morgan fingerprint density at radius 3 is 1.54 bits per heavy atom. The molecule has 0 spiro atoms. The Morgan fingerprint density at radius 2 is 1.27 bits per heavy atom. The summed E-state index contributed by atoms with van der Waals surface area (Å²) in [5.74, 6) is -1.98. The molecule has 0 aromatic carbocycles. The van der Waals surface area contributed by atoms with Crippen LogP contribution in [0.4, 0.5) is 13.2 Å². The van der Waals surface area contributed by atoms with Crippen molar-refractivity contribution in [3.8, 4) is 0 Å². The van der Waals surface area contributed by atoms with Gasteiger partial charge in [0.15, 0.2) is 0 Å². The molecule has 1 amide bonds. The average molecular weight is 401 g/mol. The highest BCUT2D eigenvalue weighted by atomic mass is 31.1. The molecule has 0 radical (unpaired) electrons. The number of carbonyl (C=O) groups is 1. The van der Waals surface area contributed by atoms with Crippen LogP contribution in [0.3, 0.4) is 0 Å². The lowest BCUT2D eigenvalue weighted by Gasteiger charge is -2.55. The van der Waals surface area contributed by atoms with Crippen LogP contribution < -0.4 is 5.09 Å². The van der Waals surface area contributed by atoms with E-state index in [0.717, 1.165) is 0 Å². The van der Waals surface area contributed by atoms with Crippen LogP contribution in [0.1, 0.15) is 62.3 Å². The standard InChI is InChI=1S/C17H35F3N3O2P/c1-11(2)22(12(3)4)16(9,23(13(5)6)14(7)8)10-25-26-21-15(24)17(18,19)20/h11-14,26H,10H2,1-9H3,(H,21,24). The summed E-state index contributed by atoms with van der Waals surface area (Å²) >= 11 is 0. The third-order valence-corrected chi connectivity index (χ3v) is 4.80. The Bertz CT molecular complexity index is 407. The number of nitrogens with zero attached hydrogens (tertiary/aromatic N) is 2. The molecule has 26 heavy (non-hydrogen) atoms. The van der Waals surface area contributed by atoms with E-state index in [1.807, 2.05) is 6.92 Å². The van der Waals surface area contributed by atoms with Crippen LogP contribution in [0.2, 0.25) is 0 Å². The number of alkyl halides is 3. The van der Waals surface area contributed by atoms with Crippen molar-refractivity contribution in [2.75, 3.05) is 6.61 Å². The number of carbonyl (C=O) groups excluding carboxylic acids is 1. The Labute approximate surface area is 157 Å². The largest absolute Gasteiger partial charge is 0.471 e. The fourth-order valence-electron chi connectivity index (χ4n) is 4.03. The van der Waals surface area contributed by atoms with Gasteiger partial charge in [-0.1, -0.05) is 0 Å². The number of hydrogen-bond donors (Lipinski definition) is 1. The van der Waals surface area contributed by atoms with Gasteiger partial charge in [-0.05, 0) is 62.3 Å². The molecule has 9 heteroatoms. The van der Waals surface area contributed by atoms with Crippen LogP contribution in [0.25, 0.3) is 0 Å². The van der Waals surface area contributed by atoms with Crippen molar-refractivity contribution in [1.29, 1.82) is 0 Å². The van der Waals surface area contributed by atoms with Gasteiger partial charge in [0, 0.05) is 24.2 Å². The maximum atomic E-state index is 12.3. The Balaban J connectivity index is 5.43. The minimum Gasteiger partial charge on any atom is -0.338 e. The summed E-state index contributed by atoms with van der Waals surface area (Å²) < 4.78 is 42.5. The predicted octanol–water partition coefficient (Wildman–Crippen LogP) is 4.14. The van der Waals surface area contributed by atoms with E-state index in [2.05, 4.69) is 65.2 Å². The molecule has 1 atom stereocenters. The predicted molar refractivity (Wildman–Crippen MR) is 101 cm³/mol. The van der Waals surface area contributed by atoms with Crippen molar-refractivity contribution in [2.24, 2.45) is 0 Å². The lowest BCUT2D eigenvalue weighted by molar-refractivity contribution is -0.171. The molecule has 0 saturated carbocycles. The van der Waals surface area contributed by atoms with E-state index < -0.39 is 26.7 Å². The van der Waals surface area contributed by atoms with Crippen molar-refractivity contribution in [1.82, 2.24) is 14.9 Å². The van der Waals surface area contributed by atoms with Crippen LogP contribution >= 0.6 is 8.96 Å². The minimum absolute atomic E-state index is 0.177. The Kier molecular flexibility index (Phi) is 10.0. The fourth-order valence-corrected chi connectivity index (χ4v) is 4.68. The number of rotatable bonds is 10. The van der Waals surface area contributed by atoms with Gasteiger partial charge in [-0.15, -0.1) is 0 Å². The quantitative estimate of drug-likeness (QED) is 0.339. The summed E-state index contributed by atoms with van der Waals surface area (Å²) in [5, 5.41) is 1.79. The first-order valence-corrected chi connectivity index (χ1v) is 9.87. The van der Waals surface area contributed by atoms with Gasteiger partial charge in [0.2, 0.25) is 0 Å². The summed E-state index contributed by atoms with van der Waals surface area (Å²) in [4.78, 5) is 15.5. The summed E-state index contributed by atoms with van der Waals surface area (Å²) in [6, 6.07) is 0.821. The average Bonchev–Trinajstić information content (AvgIpc) is 2.40. The molecule has 0 aromatic rings. The van der Waals surface area contributed by atoms with E-state index in [4.69, 9.17) is 4.52 Å². The third kappa shape index (κ3) is 6.95. The SMILES string of the molecule is CC(C)N(C(C)C)C(C)(COPNC(=O)C(F)(F)F)N(C(C)C)C(C)C. The molecule has 0 saturated heterocycles. The Morgan fingerprint density at radius 1 is 0.923 bits per heavy atom. The van der Waals surface area contributed by atoms with Crippen LogP contribution in [0, 0.1) is 0 Å². The molecule has 156 valence electrons. The van der Waals surface area contributed by atoms with Gasteiger partial charge >= 0.3 is 12.1 Å². The number of hydrogen-bond acceptors (Lipinski definition) is 4. The highest BCUT2D eigenvalue weighted by molar-refractivity contribution is 7.30. The second kappa shape index (κ2) is 10.2. The van der Waals surface area contributed by atoms with Crippen LogP contribution in [0.15, 0.2) is 0 Å². The van der Waals surface area contributed by atoms with E-state index in [1.54, 1.807) is 5.09 Å². The molecular weight excluding hydrogens is 366 g/mol. The Hall–Kier alpha value is -0.430. The minimum atomic E-state index is -4.90. The molecule has 0 rings (SSSR count).